The van der Waals surface area contributed by atoms with E-state index < -0.39 is 17.8 Å². The fourth-order valence-corrected chi connectivity index (χ4v) is 3.55. The molecule has 2 amide bonds. The third kappa shape index (κ3) is 3.58. The van der Waals surface area contributed by atoms with E-state index in [1.54, 1.807) is 66.7 Å². The van der Waals surface area contributed by atoms with Gasteiger partial charge in [-0.3, -0.25) is 4.79 Å². The Kier molecular flexibility index (Phi) is 5.43. The molecular formula is C24H19FN4O3. The number of carbonyl (C=O) groups is 2. The average molecular weight is 430 g/mol. The topological polar surface area (TPSA) is 99.8 Å². The summed E-state index contributed by atoms with van der Waals surface area (Å²) < 4.78 is 14.5. The van der Waals surface area contributed by atoms with Crippen LogP contribution in [0.3, 0.4) is 0 Å². The molecule has 3 aromatic carbocycles. The number of hydrogen-bond acceptors (Lipinski definition) is 4. The van der Waals surface area contributed by atoms with Crippen molar-refractivity contribution in [2.45, 2.75) is 0 Å². The quantitative estimate of drug-likeness (QED) is 0.455. The van der Waals surface area contributed by atoms with Gasteiger partial charge in [-0.25, -0.2) is 19.2 Å². The highest BCUT2D eigenvalue weighted by Crippen LogP contribution is 2.34. The molecule has 0 saturated heterocycles. The van der Waals surface area contributed by atoms with Crippen LogP contribution in [0.2, 0.25) is 0 Å². The number of carbonyl (C=O) groups excluding carboxylic acids is 1. The van der Waals surface area contributed by atoms with Gasteiger partial charge in [0.25, 0.3) is 5.91 Å². The number of nitrogens with zero attached hydrogens (tertiary/aromatic N) is 3. The van der Waals surface area contributed by atoms with Crippen LogP contribution in [0.5, 0.6) is 0 Å². The first kappa shape index (κ1) is 20.8. The molecule has 0 saturated carbocycles. The van der Waals surface area contributed by atoms with Gasteiger partial charge in [0.05, 0.1) is 28.1 Å². The molecule has 8 heteroatoms. The van der Waals surface area contributed by atoms with Gasteiger partial charge in [0.2, 0.25) is 0 Å². The summed E-state index contributed by atoms with van der Waals surface area (Å²) in [5.74, 6) is -1.21. The lowest BCUT2D eigenvalue weighted by Crippen LogP contribution is -2.47. The maximum atomic E-state index is 14.5. The Morgan fingerprint density at radius 1 is 0.938 bits per heavy atom. The third-order valence-electron chi connectivity index (χ3n) is 5.05. The van der Waals surface area contributed by atoms with Crippen molar-refractivity contribution in [2.75, 3.05) is 17.8 Å². The van der Waals surface area contributed by atoms with Crippen molar-refractivity contribution < 1.29 is 19.1 Å². The van der Waals surface area contributed by atoms with Crippen LogP contribution in [0, 0.1) is 5.82 Å². The van der Waals surface area contributed by atoms with Gasteiger partial charge < -0.3 is 10.8 Å². The summed E-state index contributed by atoms with van der Waals surface area (Å²) in [7, 11) is 1.33. The summed E-state index contributed by atoms with van der Waals surface area (Å²) in [5, 5.41) is 12.0. The molecular weight excluding hydrogens is 411 g/mol. The van der Waals surface area contributed by atoms with Gasteiger partial charge in [-0.1, -0.05) is 48.5 Å². The first-order valence-corrected chi connectivity index (χ1v) is 9.69. The number of hydrazine groups is 1. The lowest BCUT2D eigenvalue weighted by Gasteiger charge is -2.30. The summed E-state index contributed by atoms with van der Waals surface area (Å²) in [4.78, 5) is 30.1. The summed E-state index contributed by atoms with van der Waals surface area (Å²) in [6.07, 6.45) is -1.35. The van der Waals surface area contributed by atoms with Crippen molar-refractivity contribution >= 4 is 34.3 Å². The van der Waals surface area contributed by atoms with Crippen LogP contribution in [0.4, 0.5) is 20.6 Å². The van der Waals surface area contributed by atoms with Crippen LogP contribution in [0.25, 0.3) is 22.2 Å². The Hall–Kier alpha value is -4.46. The standard InChI is InChI=1S/C24H19FN4O3/c1-28(29(24(31)32)15-9-3-2-4-10-15)23(30)20-17-12-6-8-14-19(17)27-22(21(20)26)16-11-5-7-13-18(16)25/h2-14H,26H2,1H3,(H,31,32). The van der Waals surface area contributed by atoms with Gasteiger partial charge in [0, 0.05) is 18.0 Å². The number of aromatic nitrogens is 1. The van der Waals surface area contributed by atoms with Gasteiger partial charge in [-0.05, 0) is 30.3 Å². The summed E-state index contributed by atoms with van der Waals surface area (Å²) in [5.41, 5.74) is 7.33. The lowest BCUT2D eigenvalue weighted by molar-refractivity contribution is 0.0772. The number of carboxylic acid groups (broad SMARTS) is 1. The predicted molar refractivity (Wildman–Crippen MR) is 121 cm³/mol. The van der Waals surface area contributed by atoms with Gasteiger partial charge in [-0.15, -0.1) is 0 Å². The monoisotopic (exact) mass is 430 g/mol. The SMILES string of the molecule is CN(C(=O)c1c(N)c(-c2ccccc2F)nc2ccccc12)N(C(=O)O)c1ccccc1. The van der Waals surface area contributed by atoms with Gasteiger partial charge in [-0.2, -0.15) is 5.01 Å². The molecule has 0 unspecified atom stereocenters. The molecule has 0 fully saturated rings. The molecule has 0 aliphatic rings. The molecule has 4 aromatic rings. The molecule has 32 heavy (non-hydrogen) atoms. The van der Waals surface area contributed by atoms with E-state index in [1.807, 2.05) is 0 Å². The predicted octanol–water partition coefficient (Wildman–Crippen LogP) is 4.79. The smallest absolute Gasteiger partial charge is 0.431 e. The minimum atomic E-state index is -1.35. The van der Waals surface area contributed by atoms with Crippen LogP contribution in [-0.4, -0.2) is 34.1 Å². The maximum Gasteiger partial charge on any atom is 0.431 e. The molecule has 0 atom stereocenters. The fourth-order valence-electron chi connectivity index (χ4n) is 3.55. The Labute approximate surface area is 183 Å². The van der Waals surface area contributed by atoms with Crippen molar-refractivity contribution in [3.8, 4) is 11.3 Å². The van der Waals surface area contributed by atoms with Gasteiger partial charge >= 0.3 is 6.09 Å². The Morgan fingerprint density at radius 2 is 1.56 bits per heavy atom. The van der Waals surface area contributed by atoms with E-state index in [9.17, 15) is 19.1 Å². The number of para-hydroxylation sites is 2. The summed E-state index contributed by atoms with van der Waals surface area (Å²) >= 11 is 0. The second kappa shape index (κ2) is 8.35. The van der Waals surface area contributed by atoms with E-state index >= 15 is 0 Å². The van der Waals surface area contributed by atoms with Crippen molar-refractivity contribution in [3.63, 3.8) is 0 Å². The van der Waals surface area contributed by atoms with Crippen molar-refractivity contribution in [1.82, 2.24) is 9.99 Å². The minimum Gasteiger partial charge on any atom is -0.463 e. The molecule has 0 bridgehead atoms. The van der Waals surface area contributed by atoms with E-state index in [2.05, 4.69) is 4.98 Å². The molecule has 0 aliphatic carbocycles. The number of halogens is 1. The van der Waals surface area contributed by atoms with E-state index in [4.69, 9.17) is 5.73 Å². The second-order valence-electron chi connectivity index (χ2n) is 7.00. The van der Waals surface area contributed by atoms with E-state index in [1.165, 1.54) is 19.2 Å². The number of nitrogen functional groups attached to an aromatic ring is 1. The number of amides is 2. The Morgan fingerprint density at radius 3 is 2.25 bits per heavy atom. The molecule has 0 spiro atoms. The third-order valence-corrected chi connectivity index (χ3v) is 5.05. The number of nitrogens with two attached hydrogens (primary N) is 1. The van der Waals surface area contributed by atoms with Crippen LogP contribution in [0.15, 0.2) is 78.9 Å². The van der Waals surface area contributed by atoms with E-state index in [-0.39, 0.29) is 28.2 Å². The van der Waals surface area contributed by atoms with E-state index in [0.29, 0.717) is 10.9 Å². The first-order chi connectivity index (χ1) is 15.4. The number of benzene rings is 3. The first-order valence-electron chi connectivity index (χ1n) is 9.69. The largest absolute Gasteiger partial charge is 0.463 e. The average Bonchev–Trinajstić information content (AvgIpc) is 2.79. The zero-order valence-corrected chi connectivity index (χ0v) is 17.1. The van der Waals surface area contributed by atoms with Gasteiger partial charge in [0.1, 0.15) is 5.82 Å². The molecule has 0 aliphatic heterocycles. The molecule has 160 valence electrons. The number of hydrogen-bond donors (Lipinski definition) is 2. The highest BCUT2D eigenvalue weighted by Gasteiger charge is 2.29. The van der Waals surface area contributed by atoms with Gasteiger partial charge in [0.15, 0.2) is 0 Å². The Bertz CT molecular complexity index is 1330. The highest BCUT2D eigenvalue weighted by molar-refractivity contribution is 6.14. The van der Waals surface area contributed by atoms with Crippen molar-refractivity contribution in [1.29, 1.82) is 0 Å². The fraction of sp³-hybridized carbons (Fsp3) is 0.0417. The molecule has 1 heterocycles. The zero-order valence-electron chi connectivity index (χ0n) is 17.1. The highest BCUT2D eigenvalue weighted by atomic mass is 19.1. The molecule has 4 rings (SSSR count). The van der Waals surface area contributed by atoms with Crippen molar-refractivity contribution in [3.05, 3.63) is 90.2 Å². The number of pyridine rings is 1. The number of rotatable bonds is 3. The molecule has 1 aromatic heterocycles. The molecule has 3 N–H and O–H groups in total. The van der Waals surface area contributed by atoms with E-state index in [0.717, 1.165) is 10.0 Å². The zero-order chi connectivity index (χ0) is 22.8. The van der Waals surface area contributed by atoms with Crippen LogP contribution < -0.4 is 10.7 Å². The lowest BCUT2D eigenvalue weighted by atomic mass is 10.0. The molecule has 7 nitrogen and oxygen atoms in total. The van der Waals surface area contributed by atoms with Crippen LogP contribution in [0.1, 0.15) is 10.4 Å². The summed E-state index contributed by atoms with van der Waals surface area (Å²) in [6.45, 7) is 0. The van der Waals surface area contributed by atoms with Crippen molar-refractivity contribution in [2.24, 2.45) is 0 Å². The number of anilines is 2. The maximum absolute atomic E-state index is 14.5. The Balaban J connectivity index is 1.91. The van der Waals surface area contributed by atoms with Crippen LogP contribution >= 0.6 is 0 Å². The summed E-state index contributed by atoms with van der Waals surface area (Å²) in [6, 6.07) is 21.0. The number of fused-ring (bicyclic) bond motifs is 1. The normalized spacial score (nSPS) is 10.7. The van der Waals surface area contributed by atoms with Crippen LogP contribution in [-0.2, 0) is 0 Å². The molecule has 0 radical (unpaired) electrons. The minimum absolute atomic E-state index is 0.0379. The second-order valence-corrected chi connectivity index (χ2v) is 7.00.